The Morgan fingerprint density at radius 1 is 1.05 bits per heavy atom. The zero-order valence-corrected chi connectivity index (χ0v) is 11.9. The zero-order chi connectivity index (χ0) is 13.7. The van der Waals surface area contributed by atoms with E-state index in [-0.39, 0.29) is 6.10 Å². The van der Waals surface area contributed by atoms with E-state index in [1.54, 1.807) is 14.2 Å². The van der Waals surface area contributed by atoms with Gasteiger partial charge in [0.1, 0.15) is 23.4 Å². The van der Waals surface area contributed by atoms with Crippen LogP contribution in [-0.2, 0) is 0 Å². The predicted molar refractivity (Wildman–Crippen MR) is 75.3 cm³/mol. The molecule has 1 aliphatic carbocycles. The summed E-state index contributed by atoms with van der Waals surface area (Å²) < 4.78 is 16.5. The van der Waals surface area contributed by atoms with Crippen molar-refractivity contribution in [2.24, 2.45) is 0 Å². The topological polar surface area (TPSA) is 39.7 Å². The quantitative estimate of drug-likeness (QED) is 0.858. The number of hydrogen-bond acceptors (Lipinski definition) is 4. The number of ether oxygens (including phenoxy) is 3. The van der Waals surface area contributed by atoms with Gasteiger partial charge in [0.05, 0.1) is 14.2 Å². The molecule has 4 nitrogen and oxygen atoms in total. The standard InChI is InChI=1S/C15H23NO3/c1-4-16-11-5-6-12(7-11)19-15-9-13(17-2)8-14(10-15)18-3/h8-12,16H,4-7H2,1-3H3. The summed E-state index contributed by atoms with van der Waals surface area (Å²) >= 11 is 0. The smallest absolute Gasteiger partial charge is 0.127 e. The van der Waals surface area contributed by atoms with Crippen LogP contribution in [0.5, 0.6) is 17.2 Å². The van der Waals surface area contributed by atoms with Gasteiger partial charge in [-0.15, -0.1) is 0 Å². The number of methoxy groups -OCH3 is 2. The normalized spacial score (nSPS) is 22.3. The second-order valence-corrected chi connectivity index (χ2v) is 4.86. The summed E-state index contributed by atoms with van der Waals surface area (Å²) in [6.07, 6.45) is 3.62. The van der Waals surface area contributed by atoms with Crippen LogP contribution in [-0.4, -0.2) is 32.9 Å². The van der Waals surface area contributed by atoms with Crippen LogP contribution in [0, 0.1) is 0 Å². The molecule has 0 aliphatic heterocycles. The Labute approximate surface area is 115 Å². The molecule has 4 heteroatoms. The highest BCUT2D eigenvalue weighted by molar-refractivity contribution is 5.42. The summed E-state index contributed by atoms with van der Waals surface area (Å²) in [5.41, 5.74) is 0. The van der Waals surface area contributed by atoms with Crippen LogP contribution in [0.25, 0.3) is 0 Å². The molecule has 0 aromatic heterocycles. The minimum absolute atomic E-state index is 0.279. The average molecular weight is 265 g/mol. The van der Waals surface area contributed by atoms with Gasteiger partial charge < -0.3 is 19.5 Å². The van der Waals surface area contributed by atoms with Crippen LogP contribution in [0.15, 0.2) is 18.2 Å². The van der Waals surface area contributed by atoms with Crippen LogP contribution in [0.4, 0.5) is 0 Å². The largest absolute Gasteiger partial charge is 0.496 e. The minimum atomic E-state index is 0.279. The van der Waals surface area contributed by atoms with Crippen molar-refractivity contribution in [2.45, 2.75) is 38.3 Å². The highest BCUT2D eigenvalue weighted by atomic mass is 16.5. The van der Waals surface area contributed by atoms with Crippen molar-refractivity contribution < 1.29 is 14.2 Å². The van der Waals surface area contributed by atoms with E-state index in [2.05, 4.69) is 12.2 Å². The third-order valence-corrected chi connectivity index (χ3v) is 3.51. The maximum atomic E-state index is 6.04. The van der Waals surface area contributed by atoms with E-state index < -0.39 is 0 Å². The molecular formula is C15H23NO3. The van der Waals surface area contributed by atoms with Gasteiger partial charge in [0.15, 0.2) is 0 Å². The van der Waals surface area contributed by atoms with Gasteiger partial charge in [-0.05, 0) is 25.8 Å². The van der Waals surface area contributed by atoms with Crippen molar-refractivity contribution in [2.75, 3.05) is 20.8 Å². The van der Waals surface area contributed by atoms with Crippen molar-refractivity contribution in [1.82, 2.24) is 5.32 Å². The lowest BCUT2D eigenvalue weighted by atomic mass is 10.2. The fraction of sp³-hybridized carbons (Fsp3) is 0.600. The SMILES string of the molecule is CCNC1CCC(Oc2cc(OC)cc(OC)c2)C1. The van der Waals surface area contributed by atoms with E-state index in [4.69, 9.17) is 14.2 Å². The Balaban J connectivity index is 1.99. The Kier molecular flexibility index (Phi) is 4.91. The number of hydrogen-bond donors (Lipinski definition) is 1. The van der Waals surface area contributed by atoms with E-state index >= 15 is 0 Å². The van der Waals surface area contributed by atoms with Crippen molar-refractivity contribution >= 4 is 0 Å². The van der Waals surface area contributed by atoms with Gasteiger partial charge in [0.2, 0.25) is 0 Å². The third kappa shape index (κ3) is 3.77. The van der Waals surface area contributed by atoms with E-state index in [9.17, 15) is 0 Å². The molecule has 1 saturated carbocycles. The molecule has 0 radical (unpaired) electrons. The van der Waals surface area contributed by atoms with Gasteiger partial charge in [-0.1, -0.05) is 6.92 Å². The molecule has 106 valence electrons. The molecule has 0 bridgehead atoms. The fourth-order valence-electron chi connectivity index (χ4n) is 2.56. The molecule has 1 aromatic rings. The average Bonchev–Trinajstić information content (AvgIpc) is 2.86. The van der Waals surface area contributed by atoms with Crippen LogP contribution in [0.2, 0.25) is 0 Å². The molecule has 1 aromatic carbocycles. The first-order chi connectivity index (χ1) is 9.25. The fourth-order valence-corrected chi connectivity index (χ4v) is 2.56. The molecule has 1 N–H and O–H groups in total. The molecule has 0 spiro atoms. The molecule has 0 saturated heterocycles. The molecule has 2 atom stereocenters. The molecule has 2 unspecified atom stereocenters. The third-order valence-electron chi connectivity index (χ3n) is 3.51. The molecule has 1 aliphatic rings. The van der Waals surface area contributed by atoms with Gasteiger partial charge in [-0.3, -0.25) is 0 Å². The lowest BCUT2D eigenvalue weighted by Crippen LogP contribution is -2.27. The van der Waals surface area contributed by atoms with Gasteiger partial charge in [0.25, 0.3) is 0 Å². The molecule has 1 fully saturated rings. The molecule has 2 rings (SSSR count). The highest BCUT2D eigenvalue weighted by Gasteiger charge is 2.25. The number of benzene rings is 1. The molecule has 19 heavy (non-hydrogen) atoms. The number of nitrogens with one attached hydrogen (secondary N) is 1. The van der Waals surface area contributed by atoms with Crippen LogP contribution < -0.4 is 19.5 Å². The Morgan fingerprint density at radius 3 is 2.26 bits per heavy atom. The number of rotatable bonds is 6. The summed E-state index contributed by atoms with van der Waals surface area (Å²) in [6, 6.07) is 6.25. The van der Waals surface area contributed by atoms with Gasteiger partial charge in [-0.25, -0.2) is 0 Å². The summed E-state index contributed by atoms with van der Waals surface area (Å²) in [7, 11) is 3.30. The first-order valence-corrected chi connectivity index (χ1v) is 6.88. The Bertz CT molecular complexity index is 386. The van der Waals surface area contributed by atoms with E-state index in [1.165, 1.54) is 6.42 Å². The van der Waals surface area contributed by atoms with E-state index in [0.717, 1.165) is 36.6 Å². The maximum absolute atomic E-state index is 6.04. The maximum Gasteiger partial charge on any atom is 0.127 e. The van der Waals surface area contributed by atoms with E-state index in [0.29, 0.717) is 6.04 Å². The minimum Gasteiger partial charge on any atom is -0.496 e. The van der Waals surface area contributed by atoms with Crippen molar-refractivity contribution in [3.8, 4) is 17.2 Å². The van der Waals surface area contributed by atoms with Gasteiger partial charge in [-0.2, -0.15) is 0 Å². The Hall–Kier alpha value is -1.42. The molecule has 0 heterocycles. The van der Waals surface area contributed by atoms with Crippen LogP contribution >= 0.6 is 0 Å². The van der Waals surface area contributed by atoms with Gasteiger partial charge >= 0.3 is 0 Å². The summed E-state index contributed by atoms with van der Waals surface area (Å²) in [6.45, 7) is 3.16. The monoisotopic (exact) mass is 265 g/mol. The Morgan fingerprint density at radius 2 is 1.68 bits per heavy atom. The first-order valence-electron chi connectivity index (χ1n) is 6.88. The van der Waals surface area contributed by atoms with Crippen molar-refractivity contribution in [3.63, 3.8) is 0 Å². The van der Waals surface area contributed by atoms with Crippen molar-refractivity contribution in [1.29, 1.82) is 0 Å². The predicted octanol–water partition coefficient (Wildman–Crippen LogP) is 2.61. The second kappa shape index (κ2) is 6.66. The van der Waals surface area contributed by atoms with Gasteiger partial charge in [0, 0.05) is 24.2 Å². The molecular weight excluding hydrogens is 242 g/mol. The summed E-state index contributed by atoms with van der Waals surface area (Å²) in [5, 5.41) is 3.48. The molecule has 0 amide bonds. The second-order valence-electron chi connectivity index (χ2n) is 4.86. The first kappa shape index (κ1) is 14.0. The zero-order valence-electron chi connectivity index (χ0n) is 11.9. The van der Waals surface area contributed by atoms with E-state index in [1.807, 2.05) is 18.2 Å². The lowest BCUT2D eigenvalue weighted by Gasteiger charge is -2.16. The van der Waals surface area contributed by atoms with Crippen LogP contribution in [0.1, 0.15) is 26.2 Å². The lowest BCUT2D eigenvalue weighted by molar-refractivity contribution is 0.204. The van der Waals surface area contributed by atoms with Crippen molar-refractivity contribution in [3.05, 3.63) is 18.2 Å². The summed E-state index contributed by atoms with van der Waals surface area (Å²) in [4.78, 5) is 0. The van der Waals surface area contributed by atoms with Crippen LogP contribution in [0.3, 0.4) is 0 Å². The summed E-state index contributed by atoms with van der Waals surface area (Å²) in [5.74, 6) is 2.34. The highest BCUT2D eigenvalue weighted by Crippen LogP contribution is 2.31.